The Labute approximate surface area is 139 Å². The molecule has 23 heavy (non-hydrogen) atoms. The van der Waals surface area contributed by atoms with E-state index in [1.165, 1.54) is 27.9 Å². The van der Waals surface area contributed by atoms with Gasteiger partial charge in [0.15, 0.2) is 0 Å². The van der Waals surface area contributed by atoms with Crippen LogP contribution in [0, 0.1) is 12.3 Å². The van der Waals surface area contributed by atoms with E-state index in [0.29, 0.717) is 0 Å². The molecular weight excluding hydrogens is 280 g/mol. The molecule has 0 spiro atoms. The number of pyridine rings is 1. The van der Waals surface area contributed by atoms with Gasteiger partial charge in [0.1, 0.15) is 0 Å². The monoisotopic (exact) mass is 306 g/mol. The molecule has 0 unspecified atom stereocenters. The average Bonchev–Trinajstić information content (AvgIpc) is 2.78. The molecule has 1 aromatic carbocycles. The molecule has 120 valence electrons. The largest absolute Gasteiger partial charge is 0.255 e. The lowest BCUT2D eigenvalue weighted by Crippen LogP contribution is -2.21. The van der Waals surface area contributed by atoms with E-state index < -0.39 is 0 Å². The minimum absolute atomic E-state index is 0.0393. The first kappa shape index (κ1) is 15.9. The van der Waals surface area contributed by atoms with Gasteiger partial charge in [-0.2, -0.15) is 0 Å². The van der Waals surface area contributed by atoms with Crippen LogP contribution >= 0.6 is 0 Å². The number of aryl methyl sites for hydroxylation is 3. The zero-order chi connectivity index (χ0) is 16.6. The lowest BCUT2D eigenvalue weighted by Gasteiger charge is -2.20. The minimum atomic E-state index is 0.0393. The van der Waals surface area contributed by atoms with Crippen molar-refractivity contribution in [2.24, 2.45) is 10.4 Å². The Hall–Kier alpha value is -1.96. The van der Waals surface area contributed by atoms with Crippen molar-refractivity contribution in [3.05, 3.63) is 58.4 Å². The summed E-state index contributed by atoms with van der Waals surface area (Å²) in [5.41, 5.74) is 8.76. The van der Waals surface area contributed by atoms with E-state index in [4.69, 9.17) is 4.99 Å². The van der Waals surface area contributed by atoms with Gasteiger partial charge in [-0.05, 0) is 48.9 Å². The van der Waals surface area contributed by atoms with Crippen LogP contribution in [0.1, 0.15) is 55.6 Å². The fraction of sp³-hybridized carbons (Fsp3) is 0.429. The molecule has 2 heteroatoms. The van der Waals surface area contributed by atoms with E-state index in [-0.39, 0.29) is 5.41 Å². The van der Waals surface area contributed by atoms with Crippen molar-refractivity contribution in [2.75, 3.05) is 0 Å². The van der Waals surface area contributed by atoms with Crippen LogP contribution in [-0.4, -0.2) is 10.7 Å². The summed E-state index contributed by atoms with van der Waals surface area (Å²) in [4.78, 5) is 9.82. The molecule has 0 saturated heterocycles. The van der Waals surface area contributed by atoms with Crippen molar-refractivity contribution in [3.8, 4) is 0 Å². The second-order valence-corrected chi connectivity index (χ2v) is 7.17. The molecule has 0 atom stereocenters. The maximum Gasteiger partial charge on any atom is 0.0882 e. The van der Waals surface area contributed by atoms with Gasteiger partial charge < -0.3 is 0 Å². The maximum absolute atomic E-state index is 5.19. The summed E-state index contributed by atoms with van der Waals surface area (Å²) >= 11 is 0. The van der Waals surface area contributed by atoms with Crippen molar-refractivity contribution in [1.82, 2.24) is 4.98 Å². The van der Waals surface area contributed by atoms with Crippen LogP contribution in [-0.2, 0) is 19.3 Å². The van der Waals surface area contributed by atoms with Crippen LogP contribution in [0.2, 0.25) is 0 Å². The molecular formula is C21H26N2. The van der Waals surface area contributed by atoms with Crippen LogP contribution in [0.4, 0.5) is 5.69 Å². The fourth-order valence-electron chi connectivity index (χ4n) is 3.61. The maximum atomic E-state index is 5.19. The van der Waals surface area contributed by atoms with Crippen LogP contribution in [0.25, 0.3) is 0 Å². The van der Waals surface area contributed by atoms with Gasteiger partial charge in [-0.25, -0.2) is 0 Å². The smallest absolute Gasteiger partial charge is 0.0882 e. The average molecular weight is 306 g/mol. The van der Waals surface area contributed by atoms with Gasteiger partial charge in [-0.3, -0.25) is 9.98 Å². The Balaban J connectivity index is 2.22. The third-order valence-corrected chi connectivity index (χ3v) is 4.79. The zero-order valence-electron chi connectivity index (χ0n) is 14.9. The molecule has 0 saturated carbocycles. The normalized spacial score (nSPS) is 17.5. The van der Waals surface area contributed by atoms with Crippen LogP contribution in [0.15, 0.2) is 35.5 Å². The van der Waals surface area contributed by atoms with E-state index in [2.05, 4.69) is 57.8 Å². The van der Waals surface area contributed by atoms with Gasteiger partial charge >= 0.3 is 0 Å². The van der Waals surface area contributed by atoms with Gasteiger partial charge in [0.25, 0.3) is 0 Å². The molecule has 0 aliphatic heterocycles. The van der Waals surface area contributed by atoms with Gasteiger partial charge in [-0.1, -0.05) is 51.5 Å². The summed E-state index contributed by atoms with van der Waals surface area (Å²) in [7, 11) is 0. The number of hydrogen-bond acceptors (Lipinski definition) is 2. The first-order valence-electron chi connectivity index (χ1n) is 8.62. The van der Waals surface area contributed by atoms with E-state index in [1.807, 2.05) is 12.3 Å². The summed E-state index contributed by atoms with van der Waals surface area (Å²) in [5, 5.41) is 0. The molecule has 1 aliphatic rings. The third-order valence-electron chi connectivity index (χ3n) is 4.79. The second kappa shape index (κ2) is 5.92. The topological polar surface area (TPSA) is 25.2 Å². The Kier molecular flexibility index (Phi) is 4.09. The predicted octanol–water partition coefficient (Wildman–Crippen LogP) is 5.22. The molecule has 0 fully saturated rings. The Bertz CT molecular complexity index is 744. The molecule has 2 nitrogen and oxygen atoms in total. The highest BCUT2D eigenvalue weighted by atomic mass is 14.8. The predicted molar refractivity (Wildman–Crippen MR) is 97.9 cm³/mol. The highest BCUT2D eigenvalue weighted by Crippen LogP contribution is 2.38. The number of aromatic nitrogens is 1. The lowest BCUT2D eigenvalue weighted by atomic mass is 9.88. The van der Waals surface area contributed by atoms with Crippen LogP contribution in [0.3, 0.4) is 0 Å². The summed E-state index contributed by atoms with van der Waals surface area (Å²) in [6.45, 7) is 11.2. The number of nitrogens with zero attached hydrogens (tertiary/aromatic N) is 2. The van der Waals surface area contributed by atoms with Gasteiger partial charge in [0, 0.05) is 11.6 Å². The molecule has 1 aromatic heterocycles. The van der Waals surface area contributed by atoms with E-state index in [0.717, 1.165) is 30.7 Å². The quantitative estimate of drug-likeness (QED) is 0.763. The molecule has 3 rings (SSSR count). The van der Waals surface area contributed by atoms with Crippen molar-refractivity contribution < 1.29 is 0 Å². The number of fused-ring (bicyclic) bond motifs is 1. The second-order valence-electron chi connectivity index (χ2n) is 7.17. The first-order valence-corrected chi connectivity index (χ1v) is 8.62. The highest BCUT2D eigenvalue weighted by molar-refractivity contribution is 6.08. The highest BCUT2D eigenvalue weighted by Gasteiger charge is 2.36. The summed E-state index contributed by atoms with van der Waals surface area (Å²) in [6.07, 6.45) is 4.92. The van der Waals surface area contributed by atoms with E-state index in [1.54, 1.807) is 0 Å². The summed E-state index contributed by atoms with van der Waals surface area (Å²) in [5.74, 6) is 0. The molecule has 0 radical (unpaired) electrons. The number of rotatable bonds is 3. The summed E-state index contributed by atoms with van der Waals surface area (Å²) < 4.78 is 0. The third kappa shape index (κ3) is 2.83. The molecule has 1 aliphatic carbocycles. The zero-order valence-corrected chi connectivity index (χ0v) is 14.9. The van der Waals surface area contributed by atoms with Crippen molar-refractivity contribution in [2.45, 2.75) is 53.9 Å². The molecule has 1 heterocycles. The lowest BCUT2D eigenvalue weighted by molar-refractivity contribution is 0.540. The van der Waals surface area contributed by atoms with Crippen molar-refractivity contribution in [3.63, 3.8) is 0 Å². The molecule has 2 aromatic rings. The van der Waals surface area contributed by atoms with Crippen LogP contribution < -0.4 is 0 Å². The number of benzene rings is 1. The Morgan fingerprint density at radius 1 is 1.13 bits per heavy atom. The molecule has 0 N–H and O–H groups in total. The van der Waals surface area contributed by atoms with Crippen LogP contribution in [0.5, 0.6) is 0 Å². The fourth-order valence-corrected chi connectivity index (χ4v) is 3.61. The Morgan fingerprint density at radius 3 is 2.39 bits per heavy atom. The summed E-state index contributed by atoms with van der Waals surface area (Å²) in [6, 6.07) is 8.77. The number of hydrogen-bond donors (Lipinski definition) is 0. The minimum Gasteiger partial charge on any atom is -0.255 e. The first-order chi connectivity index (χ1) is 11.0. The standard InChI is InChI=1S/C21H26N2/c1-6-15-11-14(3)12-16(7-2)18(15)23-20-19-17(9-8-10-22-19)13-21(20,4)5/h8-12H,6-7,13H2,1-5H3. The van der Waals surface area contributed by atoms with E-state index in [9.17, 15) is 0 Å². The van der Waals surface area contributed by atoms with Crippen molar-refractivity contribution >= 4 is 11.4 Å². The molecule has 0 bridgehead atoms. The number of aliphatic imine (C=N–C) groups is 1. The Morgan fingerprint density at radius 2 is 1.78 bits per heavy atom. The van der Waals surface area contributed by atoms with Gasteiger partial charge in [0.05, 0.1) is 17.1 Å². The van der Waals surface area contributed by atoms with Gasteiger partial charge in [0.2, 0.25) is 0 Å². The van der Waals surface area contributed by atoms with Crippen molar-refractivity contribution in [1.29, 1.82) is 0 Å². The van der Waals surface area contributed by atoms with Gasteiger partial charge in [-0.15, -0.1) is 0 Å². The SMILES string of the molecule is CCc1cc(C)cc(CC)c1N=C1c2ncccc2CC1(C)C. The van der Waals surface area contributed by atoms with E-state index >= 15 is 0 Å². The molecule has 0 amide bonds.